The molecule has 1 amide bonds. The molecule has 130 valence electrons. The van der Waals surface area contributed by atoms with Crippen molar-refractivity contribution in [2.24, 2.45) is 5.10 Å². The van der Waals surface area contributed by atoms with Crippen LogP contribution in [0, 0.1) is 0 Å². The Balaban J connectivity index is 1.59. The SMILES string of the molecule is O=C(NN=Cc1cccc(OCc2ccccc2)c1)c1ccccc1O. The molecular formula is C21H18N2O3. The van der Waals surface area contributed by atoms with Gasteiger partial charge in [-0.1, -0.05) is 54.6 Å². The smallest absolute Gasteiger partial charge is 0.275 e. The Morgan fingerprint density at radius 3 is 2.58 bits per heavy atom. The monoisotopic (exact) mass is 346 g/mol. The molecule has 3 aromatic rings. The molecule has 0 aliphatic heterocycles. The first kappa shape index (κ1) is 17.2. The van der Waals surface area contributed by atoms with Gasteiger partial charge in [0, 0.05) is 0 Å². The number of nitrogens with zero attached hydrogens (tertiary/aromatic N) is 1. The number of amides is 1. The van der Waals surface area contributed by atoms with Crippen molar-refractivity contribution in [1.29, 1.82) is 0 Å². The van der Waals surface area contributed by atoms with E-state index in [1.807, 2.05) is 54.6 Å². The maximum atomic E-state index is 12.0. The van der Waals surface area contributed by atoms with Crippen molar-refractivity contribution in [3.8, 4) is 11.5 Å². The second kappa shape index (κ2) is 8.48. The number of aromatic hydroxyl groups is 1. The topological polar surface area (TPSA) is 70.9 Å². The fourth-order valence-electron chi connectivity index (χ4n) is 2.32. The molecular weight excluding hydrogens is 328 g/mol. The predicted octanol–water partition coefficient (Wildman–Crippen LogP) is 3.74. The molecule has 26 heavy (non-hydrogen) atoms. The quantitative estimate of drug-likeness (QED) is 0.528. The third kappa shape index (κ3) is 4.70. The first-order chi connectivity index (χ1) is 12.7. The molecule has 0 saturated heterocycles. The third-order valence-corrected chi connectivity index (χ3v) is 3.63. The van der Waals surface area contributed by atoms with Crippen molar-refractivity contribution < 1.29 is 14.6 Å². The lowest BCUT2D eigenvalue weighted by molar-refractivity contribution is 0.0952. The van der Waals surface area contributed by atoms with Crippen LogP contribution in [0.4, 0.5) is 0 Å². The van der Waals surface area contributed by atoms with E-state index in [1.54, 1.807) is 12.1 Å². The number of nitrogens with one attached hydrogen (secondary N) is 1. The van der Waals surface area contributed by atoms with Gasteiger partial charge >= 0.3 is 0 Å². The third-order valence-electron chi connectivity index (χ3n) is 3.63. The maximum Gasteiger partial charge on any atom is 0.275 e. The van der Waals surface area contributed by atoms with Gasteiger partial charge in [0.1, 0.15) is 18.1 Å². The van der Waals surface area contributed by atoms with Crippen molar-refractivity contribution >= 4 is 12.1 Å². The summed E-state index contributed by atoms with van der Waals surface area (Å²) >= 11 is 0. The number of phenols is 1. The molecule has 0 aliphatic rings. The van der Waals surface area contributed by atoms with Crippen molar-refractivity contribution in [3.05, 3.63) is 95.6 Å². The van der Waals surface area contributed by atoms with Gasteiger partial charge in [-0.2, -0.15) is 5.10 Å². The standard InChI is InChI=1S/C21H18N2O3/c24-20-12-5-4-11-19(20)21(25)23-22-14-17-9-6-10-18(13-17)26-15-16-7-2-1-3-8-16/h1-14,24H,15H2,(H,23,25). The zero-order valence-electron chi connectivity index (χ0n) is 14.0. The molecule has 0 radical (unpaired) electrons. The molecule has 5 nitrogen and oxygen atoms in total. The van der Waals surface area contributed by atoms with Crippen LogP contribution in [-0.2, 0) is 6.61 Å². The van der Waals surface area contributed by atoms with Crippen LogP contribution in [0.3, 0.4) is 0 Å². The Labute approximate surface area is 151 Å². The van der Waals surface area contributed by atoms with Crippen molar-refractivity contribution in [2.75, 3.05) is 0 Å². The van der Waals surface area contributed by atoms with Gasteiger partial charge in [-0.3, -0.25) is 4.79 Å². The van der Waals surface area contributed by atoms with Crippen LogP contribution >= 0.6 is 0 Å². The van der Waals surface area contributed by atoms with Crippen molar-refractivity contribution in [1.82, 2.24) is 5.43 Å². The fourth-order valence-corrected chi connectivity index (χ4v) is 2.32. The number of carbonyl (C=O) groups excluding carboxylic acids is 1. The van der Waals surface area contributed by atoms with Crippen LogP contribution < -0.4 is 10.2 Å². The van der Waals surface area contributed by atoms with Gasteiger partial charge in [-0.25, -0.2) is 5.43 Å². The molecule has 2 N–H and O–H groups in total. The molecule has 0 unspecified atom stereocenters. The summed E-state index contributed by atoms with van der Waals surface area (Å²) in [5.74, 6) is 0.150. The van der Waals surface area contributed by atoms with E-state index in [0.717, 1.165) is 11.1 Å². The highest BCUT2D eigenvalue weighted by molar-refractivity contribution is 5.97. The molecule has 0 aliphatic carbocycles. The van der Waals surface area contributed by atoms with Gasteiger partial charge in [0.15, 0.2) is 0 Å². The summed E-state index contributed by atoms with van der Waals surface area (Å²) in [5, 5.41) is 13.6. The van der Waals surface area contributed by atoms with Crippen LogP contribution in [0.25, 0.3) is 0 Å². The van der Waals surface area contributed by atoms with E-state index in [4.69, 9.17) is 4.74 Å². The number of phenolic OH excluding ortho intramolecular Hbond substituents is 1. The minimum atomic E-state index is -0.476. The van der Waals surface area contributed by atoms with Crippen LogP contribution in [0.5, 0.6) is 11.5 Å². The molecule has 5 heteroatoms. The summed E-state index contributed by atoms with van der Waals surface area (Å²) in [6.07, 6.45) is 1.52. The number of rotatable bonds is 6. The van der Waals surface area contributed by atoms with E-state index in [9.17, 15) is 9.90 Å². The van der Waals surface area contributed by atoms with Crippen LogP contribution in [-0.4, -0.2) is 17.2 Å². The molecule has 3 rings (SSSR count). The molecule has 3 aromatic carbocycles. The van der Waals surface area contributed by atoms with Gasteiger partial charge in [0.2, 0.25) is 0 Å². The molecule has 0 heterocycles. The van der Waals surface area contributed by atoms with E-state index in [1.165, 1.54) is 18.3 Å². The maximum absolute atomic E-state index is 12.0. The highest BCUT2D eigenvalue weighted by Gasteiger charge is 2.08. The zero-order chi connectivity index (χ0) is 18.2. The van der Waals surface area contributed by atoms with E-state index in [-0.39, 0.29) is 11.3 Å². The van der Waals surface area contributed by atoms with Crippen molar-refractivity contribution in [2.45, 2.75) is 6.61 Å². The fraction of sp³-hybridized carbons (Fsp3) is 0.0476. The summed E-state index contributed by atoms with van der Waals surface area (Å²) in [7, 11) is 0. The number of hydrogen-bond donors (Lipinski definition) is 2. The molecule has 0 bridgehead atoms. The van der Waals surface area contributed by atoms with Gasteiger partial charge in [0.05, 0.1) is 11.8 Å². The highest BCUT2D eigenvalue weighted by Crippen LogP contribution is 2.16. The summed E-state index contributed by atoms with van der Waals surface area (Å²) in [6, 6.07) is 23.6. The van der Waals surface area contributed by atoms with E-state index in [2.05, 4.69) is 10.5 Å². The Bertz CT molecular complexity index is 908. The predicted molar refractivity (Wildman–Crippen MR) is 100 cm³/mol. The molecule has 0 saturated carbocycles. The zero-order valence-corrected chi connectivity index (χ0v) is 14.0. The normalized spacial score (nSPS) is 10.6. The first-order valence-corrected chi connectivity index (χ1v) is 8.10. The molecule has 0 spiro atoms. The lowest BCUT2D eigenvalue weighted by Crippen LogP contribution is -2.17. The van der Waals surface area contributed by atoms with Gasteiger partial charge in [-0.15, -0.1) is 0 Å². The number of hydrogen-bond acceptors (Lipinski definition) is 4. The largest absolute Gasteiger partial charge is 0.507 e. The highest BCUT2D eigenvalue weighted by atomic mass is 16.5. The average Bonchev–Trinajstić information content (AvgIpc) is 2.68. The Hall–Kier alpha value is -3.60. The van der Waals surface area contributed by atoms with Crippen LogP contribution in [0.15, 0.2) is 84.0 Å². The summed E-state index contributed by atoms with van der Waals surface area (Å²) in [4.78, 5) is 12.0. The Morgan fingerprint density at radius 1 is 1.00 bits per heavy atom. The van der Waals surface area contributed by atoms with Crippen LogP contribution in [0.2, 0.25) is 0 Å². The number of hydrazone groups is 1. The minimum Gasteiger partial charge on any atom is -0.507 e. The number of benzene rings is 3. The van der Waals surface area contributed by atoms with Gasteiger partial charge < -0.3 is 9.84 Å². The first-order valence-electron chi connectivity index (χ1n) is 8.10. The van der Waals surface area contributed by atoms with E-state index in [0.29, 0.717) is 12.4 Å². The Kier molecular flexibility index (Phi) is 5.62. The average molecular weight is 346 g/mol. The molecule has 0 aromatic heterocycles. The molecule has 0 atom stereocenters. The second-order valence-electron chi connectivity index (χ2n) is 5.56. The summed E-state index contributed by atoms with van der Waals surface area (Å²) in [5.41, 5.74) is 4.44. The summed E-state index contributed by atoms with van der Waals surface area (Å²) < 4.78 is 5.76. The number of para-hydroxylation sites is 1. The summed E-state index contributed by atoms with van der Waals surface area (Å²) in [6.45, 7) is 0.478. The minimum absolute atomic E-state index is 0.0866. The van der Waals surface area contributed by atoms with Crippen molar-refractivity contribution in [3.63, 3.8) is 0 Å². The lowest BCUT2D eigenvalue weighted by Gasteiger charge is -2.06. The number of ether oxygens (including phenoxy) is 1. The van der Waals surface area contributed by atoms with Crippen LogP contribution in [0.1, 0.15) is 21.5 Å². The lowest BCUT2D eigenvalue weighted by atomic mass is 10.2. The van der Waals surface area contributed by atoms with E-state index < -0.39 is 5.91 Å². The second-order valence-corrected chi connectivity index (χ2v) is 5.56. The number of carbonyl (C=O) groups is 1. The van der Waals surface area contributed by atoms with Gasteiger partial charge in [-0.05, 0) is 35.4 Å². The Morgan fingerprint density at radius 2 is 1.77 bits per heavy atom. The van der Waals surface area contributed by atoms with Gasteiger partial charge in [0.25, 0.3) is 5.91 Å². The molecule has 0 fully saturated rings. The van der Waals surface area contributed by atoms with E-state index >= 15 is 0 Å².